The number of hydrogen-bond acceptors (Lipinski definition) is 4. The quantitative estimate of drug-likeness (QED) is 0.786. The van der Waals surface area contributed by atoms with E-state index in [2.05, 4.69) is 6.92 Å². The van der Waals surface area contributed by atoms with Gasteiger partial charge in [-0.15, -0.1) is 0 Å². The van der Waals surface area contributed by atoms with Crippen LogP contribution in [0.3, 0.4) is 0 Å². The number of rotatable bonds is 4. The Labute approximate surface area is 115 Å². The molecule has 0 spiro atoms. The van der Waals surface area contributed by atoms with E-state index in [9.17, 15) is 0 Å². The Balaban J connectivity index is 1.47. The molecule has 0 aromatic heterocycles. The fraction of sp³-hybridized carbons (Fsp3) is 1.00. The Morgan fingerprint density at radius 1 is 1.11 bits per heavy atom. The van der Waals surface area contributed by atoms with E-state index in [-0.39, 0.29) is 24.6 Å². The molecule has 1 aliphatic carbocycles. The van der Waals surface area contributed by atoms with E-state index in [0.717, 1.165) is 24.9 Å². The average molecular weight is 270 g/mol. The summed E-state index contributed by atoms with van der Waals surface area (Å²) in [5.41, 5.74) is 0. The summed E-state index contributed by atoms with van der Waals surface area (Å²) in [5.74, 6) is 1.63. The number of ether oxygens (including phenoxy) is 4. The van der Waals surface area contributed by atoms with E-state index in [1.54, 1.807) is 7.11 Å². The van der Waals surface area contributed by atoms with Crippen molar-refractivity contribution >= 4 is 0 Å². The highest BCUT2D eigenvalue weighted by atomic mass is 16.7. The van der Waals surface area contributed by atoms with Gasteiger partial charge in [-0.05, 0) is 24.7 Å². The maximum atomic E-state index is 6.13. The van der Waals surface area contributed by atoms with Gasteiger partial charge in [0.15, 0.2) is 6.29 Å². The summed E-state index contributed by atoms with van der Waals surface area (Å²) in [4.78, 5) is 0. The van der Waals surface area contributed by atoms with Crippen molar-refractivity contribution in [3.63, 3.8) is 0 Å². The highest BCUT2D eigenvalue weighted by molar-refractivity contribution is 4.87. The van der Waals surface area contributed by atoms with Gasteiger partial charge in [0.25, 0.3) is 0 Å². The Morgan fingerprint density at radius 2 is 1.89 bits per heavy atom. The molecular formula is C15H26O4. The van der Waals surface area contributed by atoms with Gasteiger partial charge >= 0.3 is 0 Å². The van der Waals surface area contributed by atoms with Crippen molar-refractivity contribution in [2.75, 3.05) is 20.3 Å². The summed E-state index contributed by atoms with van der Waals surface area (Å²) in [6.07, 6.45) is 6.32. The fourth-order valence-corrected chi connectivity index (χ4v) is 3.46. The molecule has 1 saturated carbocycles. The molecular weight excluding hydrogens is 244 g/mol. The van der Waals surface area contributed by atoms with Crippen LogP contribution >= 0.6 is 0 Å². The maximum Gasteiger partial charge on any atom is 0.184 e. The molecule has 2 bridgehead atoms. The molecule has 0 N–H and O–H groups in total. The monoisotopic (exact) mass is 270 g/mol. The SMILES string of the molecule is CO[C@@H]1C[C@@H](OCC2CCC(C)CC2)[C@H]2CO[C@@H]1O2. The first-order chi connectivity index (χ1) is 9.26. The molecule has 0 amide bonds. The van der Waals surface area contributed by atoms with Gasteiger partial charge in [-0.1, -0.05) is 19.8 Å². The third-order valence-corrected chi connectivity index (χ3v) is 4.90. The average Bonchev–Trinajstić information content (AvgIpc) is 2.85. The van der Waals surface area contributed by atoms with E-state index in [4.69, 9.17) is 18.9 Å². The minimum absolute atomic E-state index is 0.0233. The molecule has 4 atom stereocenters. The first-order valence-corrected chi connectivity index (χ1v) is 7.67. The molecule has 0 aromatic carbocycles. The lowest BCUT2D eigenvalue weighted by atomic mass is 9.83. The molecule has 3 rings (SSSR count). The van der Waals surface area contributed by atoms with Crippen molar-refractivity contribution in [2.24, 2.45) is 11.8 Å². The van der Waals surface area contributed by atoms with Gasteiger partial charge in [0.1, 0.15) is 12.2 Å². The molecule has 3 fully saturated rings. The van der Waals surface area contributed by atoms with Gasteiger partial charge in [0.05, 0.1) is 12.7 Å². The zero-order valence-electron chi connectivity index (χ0n) is 12.0. The van der Waals surface area contributed by atoms with Crippen molar-refractivity contribution in [2.45, 2.75) is 63.6 Å². The first kappa shape index (κ1) is 13.8. The van der Waals surface area contributed by atoms with Crippen molar-refractivity contribution in [1.82, 2.24) is 0 Å². The summed E-state index contributed by atoms with van der Waals surface area (Å²) in [6.45, 7) is 3.88. The summed E-state index contributed by atoms with van der Waals surface area (Å²) >= 11 is 0. The second kappa shape index (κ2) is 6.08. The molecule has 4 nitrogen and oxygen atoms in total. The van der Waals surface area contributed by atoms with Crippen molar-refractivity contribution in [1.29, 1.82) is 0 Å². The number of hydrogen-bond donors (Lipinski definition) is 0. The van der Waals surface area contributed by atoms with Crippen LogP contribution in [-0.2, 0) is 18.9 Å². The largest absolute Gasteiger partial charge is 0.376 e. The predicted molar refractivity (Wildman–Crippen MR) is 70.9 cm³/mol. The standard InChI is InChI=1S/C15H26O4/c1-10-3-5-11(6-4-10)8-17-12-7-13(16-2)15-18-9-14(12)19-15/h10-15H,3-9H2,1-2H3/t10?,11?,12-,13-,14-,15-/m1/s1. The normalized spacial score (nSPS) is 46.4. The molecule has 2 aliphatic heterocycles. The minimum Gasteiger partial charge on any atom is -0.376 e. The van der Waals surface area contributed by atoms with Crippen LogP contribution < -0.4 is 0 Å². The maximum absolute atomic E-state index is 6.13. The zero-order valence-corrected chi connectivity index (χ0v) is 12.0. The van der Waals surface area contributed by atoms with Crippen molar-refractivity contribution < 1.29 is 18.9 Å². The number of fused-ring (bicyclic) bond motifs is 2. The Kier molecular flexibility index (Phi) is 4.42. The van der Waals surface area contributed by atoms with Gasteiger partial charge in [-0.25, -0.2) is 0 Å². The van der Waals surface area contributed by atoms with Crippen LogP contribution in [0.15, 0.2) is 0 Å². The summed E-state index contributed by atoms with van der Waals surface area (Å²) in [6, 6.07) is 0. The van der Waals surface area contributed by atoms with E-state index in [1.807, 2.05) is 0 Å². The third kappa shape index (κ3) is 3.13. The van der Waals surface area contributed by atoms with E-state index in [0.29, 0.717) is 6.61 Å². The lowest BCUT2D eigenvalue weighted by molar-refractivity contribution is -0.201. The second-order valence-electron chi connectivity index (χ2n) is 6.38. The lowest BCUT2D eigenvalue weighted by Gasteiger charge is -2.34. The van der Waals surface area contributed by atoms with Crippen LogP contribution in [0.1, 0.15) is 39.0 Å². The van der Waals surface area contributed by atoms with Gasteiger partial charge in [-0.3, -0.25) is 0 Å². The molecule has 0 radical (unpaired) electrons. The molecule has 19 heavy (non-hydrogen) atoms. The van der Waals surface area contributed by atoms with E-state index in [1.165, 1.54) is 25.7 Å². The Hall–Kier alpha value is -0.160. The van der Waals surface area contributed by atoms with Gasteiger partial charge < -0.3 is 18.9 Å². The predicted octanol–water partition coefficient (Wildman–Crippen LogP) is 2.36. The molecule has 0 unspecified atom stereocenters. The Bertz CT molecular complexity index is 288. The summed E-state index contributed by atoms with van der Waals surface area (Å²) < 4.78 is 22.9. The van der Waals surface area contributed by atoms with Crippen molar-refractivity contribution in [3.05, 3.63) is 0 Å². The van der Waals surface area contributed by atoms with Crippen LogP contribution in [0.25, 0.3) is 0 Å². The molecule has 0 aromatic rings. The topological polar surface area (TPSA) is 36.9 Å². The molecule has 4 heteroatoms. The third-order valence-electron chi connectivity index (χ3n) is 4.90. The lowest BCUT2D eigenvalue weighted by Crippen LogP contribution is -2.44. The second-order valence-corrected chi connectivity index (χ2v) is 6.38. The first-order valence-electron chi connectivity index (χ1n) is 7.67. The van der Waals surface area contributed by atoms with Crippen molar-refractivity contribution in [3.8, 4) is 0 Å². The zero-order chi connectivity index (χ0) is 13.2. The summed E-state index contributed by atoms with van der Waals surface area (Å²) in [5, 5.41) is 0. The molecule has 3 aliphatic rings. The van der Waals surface area contributed by atoms with Crippen LogP contribution in [-0.4, -0.2) is 44.9 Å². The fourth-order valence-electron chi connectivity index (χ4n) is 3.46. The van der Waals surface area contributed by atoms with Gasteiger partial charge in [0.2, 0.25) is 0 Å². The van der Waals surface area contributed by atoms with Crippen LogP contribution in [0.2, 0.25) is 0 Å². The van der Waals surface area contributed by atoms with Gasteiger partial charge in [0, 0.05) is 20.1 Å². The van der Waals surface area contributed by atoms with Crippen LogP contribution in [0, 0.1) is 11.8 Å². The molecule has 2 heterocycles. The van der Waals surface area contributed by atoms with E-state index < -0.39 is 0 Å². The summed E-state index contributed by atoms with van der Waals surface area (Å²) in [7, 11) is 1.72. The van der Waals surface area contributed by atoms with Gasteiger partial charge in [-0.2, -0.15) is 0 Å². The minimum atomic E-state index is -0.176. The molecule has 2 saturated heterocycles. The highest BCUT2D eigenvalue weighted by Crippen LogP contribution is 2.33. The smallest absolute Gasteiger partial charge is 0.184 e. The van der Waals surface area contributed by atoms with E-state index >= 15 is 0 Å². The van der Waals surface area contributed by atoms with Crippen LogP contribution in [0.4, 0.5) is 0 Å². The Morgan fingerprint density at radius 3 is 2.63 bits per heavy atom. The molecule has 110 valence electrons. The number of methoxy groups -OCH3 is 1. The highest BCUT2D eigenvalue weighted by Gasteiger charge is 2.44. The van der Waals surface area contributed by atoms with Crippen LogP contribution in [0.5, 0.6) is 0 Å².